The summed E-state index contributed by atoms with van der Waals surface area (Å²) in [5.41, 5.74) is 4.66. The molecule has 0 saturated heterocycles. The van der Waals surface area contributed by atoms with E-state index in [-0.39, 0.29) is 12.5 Å². The van der Waals surface area contributed by atoms with Crippen LogP contribution < -0.4 is 10.6 Å². The average Bonchev–Trinajstić information content (AvgIpc) is 3.38. The van der Waals surface area contributed by atoms with Gasteiger partial charge < -0.3 is 20.5 Å². The van der Waals surface area contributed by atoms with E-state index in [0.717, 1.165) is 55.6 Å². The van der Waals surface area contributed by atoms with Crippen molar-refractivity contribution < 1.29 is 19.4 Å². The maximum atomic E-state index is 12.8. The smallest absolute Gasteiger partial charge is 0.326 e. The average molecular weight is 546 g/mol. The number of carboxylic acids is 1. The zero-order valence-corrected chi connectivity index (χ0v) is 23.1. The number of nitrogens with zero attached hydrogens (tertiary/aromatic N) is 3. The molecule has 5 rings (SSSR count). The third kappa shape index (κ3) is 7.27. The van der Waals surface area contributed by atoms with Crippen molar-refractivity contribution in [3.63, 3.8) is 0 Å². The number of rotatable bonds is 13. The largest absolute Gasteiger partial charge is 0.480 e. The Kier molecular flexibility index (Phi) is 9.11. The highest BCUT2D eigenvalue weighted by atomic mass is 16.5. The Morgan fingerprint density at radius 2 is 2.08 bits per heavy atom. The fourth-order valence-corrected chi connectivity index (χ4v) is 5.56. The van der Waals surface area contributed by atoms with Gasteiger partial charge in [0.15, 0.2) is 0 Å². The molecule has 1 atom stereocenters. The molecule has 0 spiro atoms. The van der Waals surface area contributed by atoms with Crippen molar-refractivity contribution in [1.82, 2.24) is 20.1 Å². The number of benzene rings is 1. The lowest BCUT2D eigenvalue weighted by Crippen LogP contribution is -2.42. The molecule has 3 N–H and O–H groups in total. The molecular weight excluding hydrogens is 506 g/mol. The molecule has 1 fully saturated rings. The quantitative estimate of drug-likeness (QED) is 0.268. The van der Waals surface area contributed by atoms with Crippen molar-refractivity contribution >= 4 is 17.7 Å². The van der Waals surface area contributed by atoms with Gasteiger partial charge in [-0.2, -0.15) is 5.10 Å². The molecule has 1 saturated carbocycles. The monoisotopic (exact) mass is 545 g/mol. The molecule has 212 valence electrons. The number of fused-ring (bicyclic) bond motifs is 1. The molecule has 1 aliphatic carbocycles. The van der Waals surface area contributed by atoms with E-state index in [4.69, 9.17) is 9.72 Å². The highest BCUT2D eigenvalue weighted by molar-refractivity contribution is 5.97. The number of aryl methyl sites for hydroxylation is 3. The SMILES string of the molecule is Cn1cc(-c2cccc(C(=O)NC(CCOC3CC(CCCCc4ccc5c(n4)NCCC5)C3)C(=O)O)c2)cn1. The van der Waals surface area contributed by atoms with Crippen LogP contribution in [0.1, 0.15) is 66.6 Å². The first-order valence-electron chi connectivity index (χ1n) is 14.4. The van der Waals surface area contributed by atoms with Crippen molar-refractivity contribution in [2.24, 2.45) is 13.0 Å². The molecule has 2 aliphatic rings. The lowest BCUT2D eigenvalue weighted by molar-refractivity contribution is -0.140. The van der Waals surface area contributed by atoms with E-state index in [9.17, 15) is 14.7 Å². The summed E-state index contributed by atoms with van der Waals surface area (Å²) in [6, 6.07) is 10.5. The number of carboxylic acid groups (broad SMARTS) is 1. The molecule has 9 heteroatoms. The topological polar surface area (TPSA) is 118 Å². The second-order valence-electron chi connectivity index (χ2n) is 11.1. The second-order valence-corrected chi connectivity index (χ2v) is 11.1. The minimum Gasteiger partial charge on any atom is -0.480 e. The van der Waals surface area contributed by atoms with Crippen LogP contribution in [0.15, 0.2) is 48.8 Å². The first-order chi connectivity index (χ1) is 19.4. The Bertz CT molecular complexity index is 1320. The third-order valence-corrected chi connectivity index (χ3v) is 7.97. The lowest BCUT2D eigenvalue weighted by atomic mass is 9.79. The number of hydrogen-bond donors (Lipinski definition) is 3. The maximum Gasteiger partial charge on any atom is 0.326 e. The van der Waals surface area contributed by atoms with Gasteiger partial charge in [0.2, 0.25) is 0 Å². The number of ether oxygens (including phenoxy) is 1. The standard InChI is InChI=1S/C31H39N5O4/c1-36-20-25(19-33-36)23-7-4-8-24(18-23)30(37)35-28(31(38)39)13-15-40-27-16-21(17-27)6-2-3-10-26-12-11-22-9-5-14-32-29(22)34-26/h4,7-8,11-12,18-21,27-28H,2-3,5-6,9-10,13-17H2,1H3,(H,32,34)(H,35,37)(H,38,39). The minimum atomic E-state index is -1.06. The van der Waals surface area contributed by atoms with Crippen LogP contribution in [0.2, 0.25) is 0 Å². The van der Waals surface area contributed by atoms with Crippen LogP contribution in [0.5, 0.6) is 0 Å². The second kappa shape index (κ2) is 13.1. The van der Waals surface area contributed by atoms with E-state index in [2.05, 4.69) is 27.9 Å². The molecule has 1 aliphatic heterocycles. The molecule has 40 heavy (non-hydrogen) atoms. The van der Waals surface area contributed by atoms with Gasteiger partial charge in [0, 0.05) is 49.6 Å². The first-order valence-corrected chi connectivity index (χ1v) is 14.4. The molecule has 3 heterocycles. The molecular formula is C31H39N5O4. The van der Waals surface area contributed by atoms with Crippen LogP contribution in [0.25, 0.3) is 11.1 Å². The highest BCUT2D eigenvalue weighted by Crippen LogP contribution is 2.34. The molecule has 2 aromatic heterocycles. The number of carbonyl (C=O) groups excluding carboxylic acids is 1. The van der Waals surface area contributed by atoms with Gasteiger partial charge in [-0.05, 0) is 73.8 Å². The summed E-state index contributed by atoms with van der Waals surface area (Å²) in [5.74, 6) is 0.271. The van der Waals surface area contributed by atoms with Gasteiger partial charge in [0.05, 0.1) is 12.3 Å². The Morgan fingerprint density at radius 3 is 2.88 bits per heavy atom. The zero-order chi connectivity index (χ0) is 27.9. The number of hydrogen-bond acceptors (Lipinski definition) is 6. The van der Waals surface area contributed by atoms with Gasteiger partial charge >= 0.3 is 5.97 Å². The third-order valence-electron chi connectivity index (χ3n) is 7.97. The summed E-state index contributed by atoms with van der Waals surface area (Å²) in [6.07, 6.45) is 12.9. The summed E-state index contributed by atoms with van der Waals surface area (Å²) in [4.78, 5) is 29.4. The molecule has 0 radical (unpaired) electrons. The number of aromatic nitrogens is 3. The number of anilines is 1. The molecule has 0 bridgehead atoms. The summed E-state index contributed by atoms with van der Waals surface area (Å²) in [6.45, 7) is 1.32. The van der Waals surface area contributed by atoms with E-state index in [1.165, 1.54) is 30.5 Å². The van der Waals surface area contributed by atoms with E-state index in [0.29, 0.717) is 18.1 Å². The molecule has 1 unspecified atom stereocenters. The van der Waals surface area contributed by atoms with Gasteiger partial charge in [0.1, 0.15) is 11.9 Å². The van der Waals surface area contributed by atoms with E-state index >= 15 is 0 Å². The number of amides is 1. The Labute approximate surface area is 235 Å². The molecule has 3 aromatic rings. The highest BCUT2D eigenvalue weighted by Gasteiger charge is 2.30. The molecule has 1 aromatic carbocycles. The van der Waals surface area contributed by atoms with Crippen LogP contribution in [-0.4, -0.2) is 57.0 Å². The fraction of sp³-hybridized carbons (Fsp3) is 0.484. The van der Waals surface area contributed by atoms with E-state index < -0.39 is 17.9 Å². The maximum absolute atomic E-state index is 12.8. The summed E-state index contributed by atoms with van der Waals surface area (Å²) < 4.78 is 7.64. The molecule has 9 nitrogen and oxygen atoms in total. The number of unbranched alkanes of at least 4 members (excludes halogenated alkanes) is 1. The van der Waals surface area contributed by atoms with E-state index in [1.54, 1.807) is 29.1 Å². The normalized spacial score (nSPS) is 18.7. The van der Waals surface area contributed by atoms with Crippen molar-refractivity contribution in [3.05, 3.63) is 65.6 Å². The van der Waals surface area contributed by atoms with Crippen LogP contribution in [0.4, 0.5) is 5.82 Å². The summed E-state index contributed by atoms with van der Waals surface area (Å²) in [5, 5.41) is 19.9. The van der Waals surface area contributed by atoms with Crippen molar-refractivity contribution in [3.8, 4) is 11.1 Å². The van der Waals surface area contributed by atoms with Gasteiger partial charge in [0.25, 0.3) is 5.91 Å². The Balaban J connectivity index is 0.981. The van der Waals surface area contributed by atoms with Gasteiger partial charge in [-0.1, -0.05) is 31.0 Å². The predicted molar refractivity (Wildman–Crippen MR) is 153 cm³/mol. The van der Waals surface area contributed by atoms with Gasteiger partial charge in [-0.15, -0.1) is 0 Å². The summed E-state index contributed by atoms with van der Waals surface area (Å²) >= 11 is 0. The van der Waals surface area contributed by atoms with Gasteiger partial charge in [-0.3, -0.25) is 9.48 Å². The van der Waals surface area contributed by atoms with Gasteiger partial charge in [-0.25, -0.2) is 9.78 Å². The molecule has 1 amide bonds. The van der Waals surface area contributed by atoms with Crippen LogP contribution in [-0.2, 0) is 29.4 Å². The zero-order valence-electron chi connectivity index (χ0n) is 23.1. The van der Waals surface area contributed by atoms with Crippen LogP contribution >= 0.6 is 0 Å². The number of nitrogens with one attached hydrogen (secondary N) is 2. The number of pyridine rings is 1. The van der Waals surface area contributed by atoms with Crippen LogP contribution in [0.3, 0.4) is 0 Å². The van der Waals surface area contributed by atoms with Crippen molar-refractivity contribution in [2.45, 2.75) is 69.9 Å². The predicted octanol–water partition coefficient (Wildman–Crippen LogP) is 4.62. The fourth-order valence-electron chi connectivity index (χ4n) is 5.56. The first kappa shape index (κ1) is 27.8. The summed E-state index contributed by atoms with van der Waals surface area (Å²) in [7, 11) is 1.83. The minimum absolute atomic E-state index is 0.180. The number of aliphatic carboxylic acids is 1. The van der Waals surface area contributed by atoms with Crippen molar-refractivity contribution in [1.29, 1.82) is 0 Å². The van der Waals surface area contributed by atoms with Crippen LogP contribution in [0, 0.1) is 5.92 Å². The number of carbonyl (C=O) groups is 2. The Hall–Kier alpha value is -3.72. The van der Waals surface area contributed by atoms with E-state index in [1.807, 2.05) is 19.3 Å². The van der Waals surface area contributed by atoms with Crippen molar-refractivity contribution in [2.75, 3.05) is 18.5 Å². The Morgan fingerprint density at radius 1 is 1.20 bits per heavy atom. The lowest BCUT2D eigenvalue weighted by Gasteiger charge is -2.35.